The number of Topliss-reactive ketones (excluding diaryl/α,β-unsaturated/α-hetero) is 1. The third-order valence-corrected chi connectivity index (χ3v) is 9.20. The number of ketones is 3. The zero-order valence-corrected chi connectivity index (χ0v) is 28.4. The van der Waals surface area contributed by atoms with Crippen LogP contribution in [0.1, 0.15) is 102 Å². The van der Waals surface area contributed by atoms with Crippen molar-refractivity contribution >= 4 is 29.2 Å². The molecule has 0 aromatic heterocycles. The lowest BCUT2D eigenvalue weighted by Crippen LogP contribution is -2.56. The highest BCUT2D eigenvalue weighted by Crippen LogP contribution is 2.52. The standard InChI is InChI=1S/C35H42N2O13/c1-15-29(42)18(36-22(40)9-10-23(41)37-34(2,3)4)11-24(49-15)50-20-13-35(47,21(39)14-38)12-17-26(20)33(46)28-27(31(17)44)30(43)16-7-6-8-19(48-5)25(16)32(28)45/h6-8,15,18,20,24,29,38,42,44,46-47H,9-14H2,1-5H3,(H,36,40)(H,37,41)/t15-,18-,20-,24-,29+,35-/m0/s1. The summed E-state index contributed by atoms with van der Waals surface area (Å²) in [6.45, 7) is 5.86. The topological polar surface area (TPSA) is 238 Å². The number of benzene rings is 2. The summed E-state index contributed by atoms with van der Waals surface area (Å²) in [5.41, 5.74) is -4.54. The van der Waals surface area contributed by atoms with Crippen LogP contribution in [0.3, 0.4) is 0 Å². The van der Waals surface area contributed by atoms with Gasteiger partial charge >= 0.3 is 0 Å². The minimum Gasteiger partial charge on any atom is -0.507 e. The minimum atomic E-state index is -2.34. The van der Waals surface area contributed by atoms with E-state index in [1.165, 1.54) is 32.2 Å². The van der Waals surface area contributed by atoms with Gasteiger partial charge in [0.2, 0.25) is 17.6 Å². The van der Waals surface area contributed by atoms with Gasteiger partial charge in [-0.05, 0) is 33.8 Å². The monoisotopic (exact) mass is 698 g/mol. The van der Waals surface area contributed by atoms with Crippen molar-refractivity contribution in [1.29, 1.82) is 0 Å². The predicted molar refractivity (Wildman–Crippen MR) is 173 cm³/mol. The van der Waals surface area contributed by atoms with Crippen molar-refractivity contribution in [3.05, 3.63) is 51.6 Å². The Morgan fingerprint density at radius 3 is 2.32 bits per heavy atom. The highest BCUT2D eigenvalue weighted by molar-refractivity contribution is 6.31. The van der Waals surface area contributed by atoms with Crippen molar-refractivity contribution in [2.75, 3.05) is 13.7 Å². The number of hydrogen-bond donors (Lipinski definition) is 7. The van der Waals surface area contributed by atoms with Gasteiger partial charge in [-0.15, -0.1) is 0 Å². The van der Waals surface area contributed by atoms with Crippen LogP contribution in [0.2, 0.25) is 0 Å². The number of phenols is 2. The van der Waals surface area contributed by atoms with Crippen LogP contribution in [0.15, 0.2) is 18.2 Å². The van der Waals surface area contributed by atoms with Crippen molar-refractivity contribution in [2.24, 2.45) is 0 Å². The number of phenolic OH excluding ortho intramolecular Hbond substituents is 2. The van der Waals surface area contributed by atoms with Gasteiger partial charge in [0, 0.05) is 54.3 Å². The van der Waals surface area contributed by atoms with Gasteiger partial charge in [-0.25, -0.2) is 0 Å². The average molecular weight is 699 g/mol. The maximum absolute atomic E-state index is 13.9. The van der Waals surface area contributed by atoms with E-state index in [9.17, 15) is 49.5 Å². The van der Waals surface area contributed by atoms with Gasteiger partial charge in [-0.1, -0.05) is 12.1 Å². The number of amides is 2. The molecular formula is C35H42N2O13. The van der Waals surface area contributed by atoms with E-state index in [-0.39, 0.29) is 53.2 Å². The fourth-order valence-corrected chi connectivity index (χ4v) is 6.85. The summed E-state index contributed by atoms with van der Waals surface area (Å²) < 4.78 is 17.3. The van der Waals surface area contributed by atoms with Crippen LogP contribution in [0.5, 0.6) is 17.2 Å². The number of aliphatic hydroxyl groups is 3. The molecule has 50 heavy (non-hydrogen) atoms. The van der Waals surface area contributed by atoms with E-state index in [0.717, 1.165) is 0 Å². The second kappa shape index (κ2) is 13.7. The number of fused-ring (bicyclic) bond motifs is 3. The number of carbonyl (C=O) groups is 5. The summed E-state index contributed by atoms with van der Waals surface area (Å²) in [5.74, 6) is -4.94. The molecule has 2 aromatic rings. The molecule has 15 heteroatoms. The first-order chi connectivity index (χ1) is 23.4. The second-order valence-corrected chi connectivity index (χ2v) is 14.0. The number of methoxy groups -OCH3 is 1. The Labute approximate surface area is 287 Å². The van der Waals surface area contributed by atoms with E-state index < -0.39 is 107 Å². The van der Waals surface area contributed by atoms with Crippen LogP contribution >= 0.6 is 0 Å². The summed E-state index contributed by atoms with van der Waals surface area (Å²) in [6.07, 6.45) is -6.47. The number of nitrogens with one attached hydrogen (secondary N) is 2. The summed E-state index contributed by atoms with van der Waals surface area (Å²) in [4.78, 5) is 65.4. The SMILES string of the molecule is COc1cccc2c1C(=O)c1c(O)c3c(c(O)c1C2=O)C[C@@](O)(C(=O)CO)C[C@@H]3O[C@H]1C[C@H](NC(=O)CCC(=O)NC(C)(C)C)[C@H](O)[C@H](C)O1. The van der Waals surface area contributed by atoms with E-state index in [4.69, 9.17) is 14.2 Å². The van der Waals surface area contributed by atoms with Gasteiger partial charge in [-0.3, -0.25) is 24.0 Å². The lowest BCUT2D eigenvalue weighted by molar-refractivity contribution is -0.249. The lowest BCUT2D eigenvalue weighted by atomic mass is 9.72. The predicted octanol–water partition coefficient (Wildman–Crippen LogP) is 0.854. The molecule has 1 aliphatic heterocycles. The molecule has 1 heterocycles. The van der Waals surface area contributed by atoms with Gasteiger partial charge in [-0.2, -0.15) is 0 Å². The minimum absolute atomic E-state index is 0.0601. The molecule has 0 radical (unpaired) electrons. The Morgan fingerprint density at radius 2 is 1.68 bits per heavy atom. The molecule has 15 nitrogen and oxygen atoms in total. The zero-order chi connectivity index (χ0) is 36.9. The summed E-state index contributed by atoms with van der Waals surface area (Å²) in [6, 6.07) is 3.37. The highest BCUT2D eigenvalue weighted by Gasteiger charge is 2.50. The van der Waals surface area contributed by atoms with Crippen LogP contribution < -0.4 is 15.4 Å². The molecule has 0 unspecified atom stereocenters. The number of rotatable bonds is 9. The molecule has 2 amide bonds. The number of aliphatic hydroxyl groups excluding tert-OH is 2. The van der Waals surface area contributed by atoms with Gasteiger partial charge < -0.3 is 50.4 Å². The van der Waals surface area contributed by atoms with E-state index >= 15 is 0 Å². The van der Waals surface area contributed by atoms with Crippen molar-refractivity contribution < 1.29 is 63.7 Å². The van der Waals surface area contributed by atoms with Crippen molar-refractivity contribution in [1.82, 2.24) is 10.6 Å². The molecule has 2 aromatic carbocycles. The molecule has 2 aliphatic carbocycles. The third-order valence-electron chi connectivity index (χ3n) is 9.20. The summed E-state index contributed by atoms with van der Waals surface area (Å²) in [5, 5.41) is 60.7. The molecule has 270 valence electrons. The maximum Gasteiger partial charge on any atom is 0.220 e. The largest absolute Gasteiger partial charge is 0.507 e. The summed E-state index contributed by atoms with van der Waals surface area (Å²) >= 11 is 0. The first kappa shape index (κ1) is 36.9. The Morgan fingerprint density at radius 1 is 1.02 bits per heavy atom. The van der Waals surface area contributed by atoms with E-state index in [1.54, 1.807) is 20.8 Å². The van der Waals surface area contributed by atoms with E-state index in [1.807, 2.05) is 0 Å². The molecule has 0 bridgehead atoms. The van der Waals surface area contributed by atoms with Crippen LogP contribution in [-0.4, -0.2) is 104 Å². The first-order valence-corrected chi connectivity index (χ1v) is 16.2. The Kier molecular flexibility index (Phi) is 10.1. The van der Waals surface area contributed by atoms with Crippen molar-refractivity contribution in [3.63, 3.8) is 0 Å². The van der Waals surface area contributed by atoms with Crippen LogP contribution in [0, 0.1) is 0 Å². The van der Waals surface area contributed by atoms with E-state index in [2.05, 4.69) is 10.6 Å². The molecule has 7 N–H and O–H groups in total. The quantitative estimate of drug-likeness (QED) is 0.154. The van der Waals surface area contributed by atoms with Crippen molar-refractivity contribution in [3.8, 4) is 17.2 Å². The smallest absolute Gasteiger partial charge is 0.220 e. The second-order valence-electron chi connectivity index (χ2n) is 14.0. The van der Waals surface area contributed by atoms with Gasteiger partial charge in [0.05, 0.1) is 42.0 Å². The fourth-order valence-electron chi connectivity index (χ4n) is 6.85. The highest BCUT2D eigenvalue weighted by atomic mass is 16.7. The summed E-state index contributed by atoms with van der Waals surface area (Å²) in [7, 11) is 1.30. The third kappa shape index (κ3) is 6.83. The number of carbonyl (C=O) groups excluding carboxylic acids is 5. The van der Waals surface area contributed by atoms with Gasteiger partial charge in [0.15, 0.2) is 17.9 Å². The molecule has 0 spiro atoms. The Balaban J connectivity index is 1.48. The fraction of sp³-hybridized carbons (Fsp3) is 0.514. The lowest BCUT2D eigenvalue weighted by Gasteiger charge is -2.43. The maximum atomic E-state index is 13.9. The van der Waals surface area contributed by atoms with Crippen LogP contribution in [0.4, 0.5) is 0 Å². The molecule has 0 saturated carbocycles. The molecular weight excluding hydrogens is 656 g/mol. The number of hydrogen-bond acceptors (Lipinski definition) is 13. The Hall–Kier alpha value is -4.41. The molecule has 6 atom stereocenters. The Bertz CT molecular complexity index is 1750. The zero-order valence-electron chi connectivity index (χ0n) is 28.4. The number of ether oxygens (including phenoxy) is 3. The van der Waals surface area contributed by atoms with Crippen molar-refractivity contribution in [2.45, 2.75) is 102 Å². The first-order valence-electron chi connectivity index (χ1n) is 16.2. The van der Waals surface area contributed by atoms with Crippen LogP contribution in [0.25, 0.3) is 0 Å². The van der Waals surface area contributed by atoms with Crippen LogP contribution in [-0.2, 0) is 30.3 Å². The molecule has 1 saturated heterocycles. The van der Waals surface area contributed by atoms with E-state index in [0.29, 0.717) is 0 Å². The average Bonchev–Trinajstić information content (AvgIpc) is 3.04. The molecule has 3 aliphatic rings. The van der Waals surface area contributed by atoms with Gasteiger partial charge in [0.25, 0.3) is 0 Å². The number of aromatic hydroxyl groups is 2. The normalized spacial score (nSPS) is 26.0. The molecule has 5 rings (SSSR count). The van der Waals surface area contributed by atoms with Gasteiger partial charge in [0.1, 0.15) is 35.6 Å². The molecule has 1 fully saturated rings.